The van der Waals surface area contributed by atoms with Crippen LogP contribution in [0, 0.1) is 0 Å². The van der Waals surface area contributed by atoms with Crippen molar-refractivity contribution in [1.29, 1.82) is 0 Å². The van der Waals surface area contributed by atoms with Gasteiger partial charge in [-0.1, -0.05) is 20.3 Å². The number of nitrogens with zero attached hydrogens (tertiary/aromatic N) is 1. The molecule has 0 fully saturated rings. The van der Waals surface area contributed by atoms with Crippen molar-refractivity contribution < 1.29 is 0 Å². The van der Waals surface area contributed by atoms with Gasteiger partial charge in [-0.2, -0.15) is 0 Å². The molecule has 0 aliphatic rings. The molecular weight excluding hydrogens is 180 g/mol. The van der Waals surface area contributed by atoms with Gasteiger partial charge in [0.05, 0.1) is 11.9 Å². The third-order valence-corrected chi connectivity index (χ3v) is 1.83. The predicted octanol–water partition coefficient (Wildman–Crippen LogP) is 0.659. The Morgan fingerprint density at radius 1 is 1.50 bits per heavy atom. The second-order valence-electron chi connectivity index (χ2n) is 2.96. The monoisotopic (exact) mass is 196 g/mol. The number of anilines is 1. The van der Waals surface area contributed by atoms with Crippen molar-refractivity contribution in [3.8, 4) is 0 Å². The molecule has 5 heteroatoms. The van der Waals surface area contributed by atoms with Crippen molar-refractivity contribution in [3.05, 3.63) is 22.2 Å². The van der Waals surface area contributed by atoms with Crippen LogP contribution in [0.1, 0.15) is 25.8 Å². The highest BCUT2D eigenvalue weighted by Gasteiger charge is 2.06. The molecule has 0 saturated carbocycles. The molecule has 0 radical (unpaired) electrons. The highest BCUT2D eigenvalue weighted by atomic mass is 16.1. The van der Waals surface area contributed by atoms with E-state index in [1.54, 1.807) is 0 Å². The van der Waals surface area contributed by atoms with Crippen molar-refractivity contribution in [2.45, 2.75) is 26.7 Å². The number of hydrogen-bond donors (Lipinski definition) is 3. The fourth-order valence-electron chi connectivity index (χ4n) is 1.19. The first kappa shape index (κ1) is 10.7. The maximum absolute atomic E-state index is 11.4. The normalized spacial score (nSPS) is 10.1. The van der Waals surface area contributed by atoms with Crippen molar-refractivity contribution in [2.24, 2.45) is 0 Å². The number of hydrazine groups is 1. The molecule has 1 rings (SSSR count). The smallest absolute Gasteiger partial charge is 0.256 e. The van der Waals surface area contributed by atoms with Gasteiger partial charge in [-0.05, 0) is 6.42 Å². The van der Waals surface area contributed by atoms with Gasteiger partial charge in [-0.3, -0.25) is 4.79 Å². The van der Waals surface area contributed by atoms with Gasteiger partial charge in [0.25, 0.3) is 5.56 Å². The molecule has 0 aromatic carbocycles. The van der Waals surface area contributed by atoms with Gasteiger partial charge in [0.15, 0.2) is 5.82 Å². The van der Waals surface area contributed by atoms with E-state index < -0.39 is 0 Å². The Labute approximate surface area is 82.9 Å². The molecule has 0 bridgehead atoms. The number of hydrogen-bond acceptors (Lipinski definition) is 4. The maximum Gasteiger partial charge on any atom is 0.256 e. The first-order valence-corrected chi connectivity index (χ1v) is 4.85. The maximum atomic E-state index is 11.4. The van der Waals surface area contributed by atoms with Gasteiger partial charge in [0.2, 0.25) is 0 Å². The molecule has 0 aliphatic carbocycles. The number of aromatic nitrogens is 2. The van der Waals surface area contributed by atoms with E-state index in [0.717, 1.165) is 19.4 Å². The summed E-state index contributed by atoms with van der Waals surface area (Å²) in [5.74, 6) is 0.623. The summed E-state index contributed by atoms with van der Waals surface area (Å²) >= 11 is 0. The van der Waals surface area contributed by atoms with Crippen LogP contribution in [0.4, 0.5) is 5.82 Å². The highest BCUT2D eigenvalue weighted by molar-refractivity contribution is 5.41. The van der Waals surface area contributed by atoms with Crippen LogP contribution in [0.5, 0.6) is 0 Å². The minimum absolute atomic E-state index is 0.0674. The van der Waals surface area contributed by atoms with Gasteiger partial charge in [-0.25, -0.2) is 10.4 Å². The van der Waals surface area contributed by atoms with Crippen molar-refractivity contribution >= 4 is 5.82 Å². The van der Waals surface area contributed by atoms with E-state index in [1.165, 1.54) is 6.33 Å². The Hall–Kier alpha value is -1.36. The van der Waals surface area contributed by atoms with E-state index in [0.29, 0.717) is 11.4 Å². The molecule has 0 saturated heterocycles. The zero-order valence-corrected chi connectivity index (χ0v) is 8.55. The van der Waals surface area contributed by atoms with Crippen molar-refractivity contribution in [2.75, 3.05) is 12.0 Å². The van der Waals surface area contributed by atoms with Gasteiger partial charge >= 0.3 is 0 Å². The molecule has 5 nitrogen and oxygen atoms in total. The SMILES string of the molecule is CCCc1c(NNCC)nc[nH]c1=O. The van der Waals surface area contributed by atoms with Crippen LogP contribution in [-0.2, 0) is 6.42 Å². The van der Waals surface area contributed by atoms with Gasteiger partial charge < -0.3 is 10.4 Å². The van der Waals surface area contributed by atoms with Crippen LogP contribution < -0.4 is 16.4 Å². The number of aromatic amines is 1. The highest BCUT2D eigenvalue weighted by Crippen LogP contribution is 2.06. The van der Waals surface area contributed by atoms with Gasteiger partial charge in [0, 0.05) is 6.54 Å². The number of rotatable bonds is 5. The van der Waals surface area contributed by atoms with E-state index in [4.69, 9.17) is 0 Å². The minimum Gasteiger partial charge on any atom is -0.313 e. The summed E-state index contributed by atoms with van der Waals surface area (Å²) in [6.07, 6.45) is 3.06. The van der Waals surface area contributed by atoms with Crippen molar-refractivity contribution in [1.82, 2.24) is 15.4 Å². The van der Waals surface area contributed by atoms with E-state index in [1.807, 2.05) is 13.8 Å². The molecule has 0 aliphatic heterocycles. The van der Waals surface area contributed by atoms with Crippen LogP contribution in [-0.4, -0.2) is 16.5 Å². The molecule has 0 atom stereocenters. The van der Waals surface area contributed by atoms with Crippen LogP contribution in [0.2, 0.25) is 0 Å². The van der Waals surface area contributed by atoms with Crippen LogP contribution in [0.15, 0.2) is 11.1 Å². The fraction of sp³-hybridized carbons (Fsp3) is 0.556. The van der Waals surface area contributed by atoms with Gasteiger partial charge in [-0.15, -0.1) is 0 Å². The van der Waals surface area contributed by atoms with Crippen molar-refractivity contribution in [3.63, 3.8) is 0 Å². The summed E-state index contributed by atoms with van der Waals surface area (Å²) in [6, 6.07) is 0. The molecule has 0 amide bonds. The standard InChI is InChI=1S/C9H16N4O/c1-3-5-7-8(13-12-4-2)10-6-11-9(7)14/h6,12H,3-5H2,1-2H3,(H2,10,11,13,14). The molecule has 1 aromatic heterocycles. The zero-order valence-electron chi connectivity index (χ0n) is 8.55. The Kier molecular flexibility index (Phi) is 4.12. The molecular formula is C9H16N4O. The third-order valence-electron chi connectivity index (χ3n) is 1.83. The summed E-state index contributed by atoms with van der Waals surface area (Å²) < 4.78 is 0. The summed E-state index contributed by atoms with van der Waals surface area (Å²) in [5, 5.41) is 0. The average Bonchev–Trinajstić information content (AvgIpc) is 2.19. The lowest BCUT2D eigenvalue weighted by molar-refractivity contribution is 0.814. The summed E-state index contributed by atoms with van der Waals surface area (Å²) in [7, 11) is 0. The summed E-state index contributed by atoms with van der Waals surface area (Å²) in [6.45, 7) is 4.78. The Morgan fingerprint density at radius 2 is 2.29 bits per heavy atom. The van der Waals surface area contributed by atoms with Crippen LogP contribution in [0.3, 0.4) is 0 Å². The molecule has 3 N–H and O–H groups in total. The van der Waals surface area contributed by atoms with Crippen LogP contribution >= 0.6 is 0 Å². The summed E-state index contributed by atoms with van der Waals surface area (Å²) in [5.41, 5.74) is 6.47. The topological polar surface area (TPSA) is 69.8 Å². The lowest BCUT2D eigenvalue weighted by atomic mass is 10.2. The van der Waals surface area contributed by atoms with E-state index in [2.05, 4.69) is 20.8 Å². The fourth-order valence-corrected chi connectivity index (χ4v) is 1.19. The molecule has 0 spiro atoms. The Balaban J connectivity index is 2.89. The Morgan fingerprint density at radius 3 is 2.93 bits per heavy atom. The average molecular weight is 196 g/mol. The molecule has 14 heavy (non-hydrogen) atoms. The van der Waals surface area contributed by atoms with Gasteiger partial charge in [0.1, 0.15) is 0 Å². The molecule has 0 unspecified atom stereocenters. The third kappa shape index (κ3) is 2.56. The molecule has 1 aromatic rings. The predicted molar refractivity (Wildman–Crippen MR) is 56.2 cm³/mol. The van der Waals surface area contributed by atoms with Crippen LogP contribution in [0.25, 0.3) is 0 Å². The first-order valence-electron chi connectivity index (χ1n) is 4.85. The zero-order chi connectivity index (χ0) is 10.4. The quantitative estimate of drug-likeness (QED) is 0.605. The lowest BCUT2D eigenvalue weighted by Gasteiger charge is -2.08. The largest absolute Gasteiger partial charge is 0.313 e. The lowest BCUT2D eigenvalue weighted by Crippen LogP contribution is -2.25. The summed E-state index contributed by atoms with van der Waals surface area (Å²) in [4.78, 5) is 18.1. The minimum atomic E-state index is -0.0674. The second kappa shape index (κ2) is 5.39. The molecule has 78 valence electrons. The number of nitrogens with one attached hydrogen (secondary N) is 3. The second-order valence-corrected chi connectivity index (χ2v) is 2.96. The number of H-pyrrole nitrogens is 1. The first-order chi connectivity index (χ1) is 6.79. The Bertz CT molecular complexity index is 334. The van der Waals surface area contributed by atoms with E-state index >= 15 is 0 Å². The van der Waals surface area contributed by atoms with E-state index in [-0.39, 0.29) is 5.56 Å². The molecule has 1 heterocycles. The van der Waals surface area contributed by atoms with E-state index in [9.17, 15) is 4.79 Å².